The number of hydrogen-bond acceptors (Lipinski definition) is 5. The van der Waals surface area contributed by atoms with Crippen molar-refractivity contribution in [2.75, 3.05) is 19.6 Å². The maximum absolute atomic E-state index is 10.6. The van der Waals surface area contributed by atoms with Crippen molar-refractivity contribution in [1.82, 2.24) is 25.4 Å². The zero-order valence-electron chi connectivity index (χ0n) is 15.4. The standard InChI is InChI=1S/C17H28N6OS/c1-5-14-10-20-15(25-14)7-8-19-16(18-6-2)21-12-17(3,24)13-9-22-23(4)11-13/h9-11,24H,5-8,12H2,1-4H3,(H2,18,19,21). The van der Waals surface area contributed by atoms with Gasteiger partial charge in [-0.05, 0) is 20.3 Å². The fourth-order valence-corrected chi connectivity index (χ4v) is 3.14. The molecule has 0 bridgehead atoms. The molecule has 3 N–H and O–H groups in total. The van der Waals surface area contributed by atoms with Crippen molar-refractivity contribution in [2.24, 2.45) is 12.0 Å². The van der Waals surface area contributed by atoms with Crippen LogP contribution in [0.5, 0.6) is 0 Å². The summed E-state index contributed by atoms with van der Waals surface area (Å²) in [6.07, 6.45) is 7.31. The molecule has 1 unspecified atom stereocenters. The first kappa shape index (κ1) is 19.4. The van der Waals surface area contributed by atoms with Crippen molar-refractivity contribution < 1.29 is 5.11 Å². The number of nitrogens with zero attached hydrogens (tertiary/aromatic N) is 4. The van der Waals surface area contributed by atoms with Crippen LogP contribution in [0, 0.1) is 0 Å². The molecule has 0 aromatic carbocycles. The highest BCUT2D eigenvalue weighted by atomic mass is 32.1. The fraction of sp³-hybridized carbons (Fsp3) is 0.588. The third-order valence-electron chi connectivity index (χ3n) is 3.80. The van der Waals surface area contributed by atoms with Crippen LogP contribution in [0.2, 0.25) is 0 Å². The Balaban J connectivity index is 1.90. The third kappa shape index (κ3) is 5.82. The maximum atomic E-state index is 10.6. The average molecular weight is 365 g/mol. The van der Waals surface area contributed by atoms with Gasteiger partial charge in [-0.2, -0.15) is 5.10 Å². The van der Waals surface area contributed by atoms with Crippen LogP contribution in [0.15, 0.2) is 23.6 Å². The molecule has 0 radical (unpaired) electrons. The number of hydrogen-bond donors (Lipinski definition) is 3. The summed E-state index contributed by atoms with van der Waals surface area (Å²) < 4.78 is 1.68. The van der Waals surface area contributed by atoms with E-state index in [1.54, 1.807) is 29.1 Å². The summed E-state index contributed by atoms with van der Waals surface area (Å²) in [5.41, 5.74) is -0.299. The van der Waals surface area contributed by atoms with Crippen LogP contribution in [0.3, 0.4) is 0 Å². The number of guanidine groups is 1. The Morgan fingerprint density at radius 1 is 1.36 bits per heavy atom. The molecule has 2 rings (SSSR count). The molecule has 0 spiro atoms. The molecular weight excluding hydrogens is 336 g/mol. The third-order valence-corrected chi connectivity index (χ3v) is 5.00. The molecule has 2 aromatic rings. The Labute approximate surface area is 153 Å². The maximum Gasteiger partial charge on any atom is 0.191 e. The van der Waals surface area contributed by atoms with Gasteiger partial charge in [-0.3, -0.25) is 4.68 Å². The molecule has 0 saturated carbocycles. The molecule has 0 amide bonds. The van der Waals surface area contributed by atoms with Gasteiger partial charge in [0, 0.05) is 49.4 Å². The van der Waals surface area contributed by atoms with Crippen LogP contribution < -0.4 is 10.6 Å². The highest BCUT2D eigenvalue weighted by Gasteiger charge is 2.24. The second-order valence-corrected chi connectivity index (χ2v) is 7.32. The average Bonchev–Trinajstić information content (AvgIpc) is 3.22. The highest BCUT2D eigenvalue weighted by Crippen LogP contribution is 2.19. The first-order valence-electron chi connectivity index (χ1n) is 8.62. The summed E-state index contributed by atoms with van der Waals surface area (Å²) in [5, 5.41) is 22.4. The first-order chi connectivity index (χ1) is 11.9. The lowest BCUT2D eigenvalue weighted by atomic mass is 10.0. The molecule has 0 aliphatic carbocycles. The van der Waals surface area contributed by atoms with Gasteiger partial charge in [-0.1, -0.05) is 6.92 Å². The summed E-state index contributed by atoms with van der Waals surface area (Å²) in [4.78, 5) is 10.2. The largest absolute Gasteiger partial charge is 0.383 e. The fourth-order valence-electron chi connectivity index (χ4n) is 2.28. The second kappa shape index (κ2) is 8.96. The molecule has 0 aliphatic heterocycles. The number of aliphatic hydroxyl groups is 1. The van der Waals surface area contributed by atoms with Crippen LogP contribution in [0.1, 0.15) is 36.2 Å². The molecule has 0 fully saturated rings. The molecule has 138 valence electrons. The van der Waals surface area contributed by atoms with Crippen molar-refractivity contribution in [1.29, 1.82) is 0 Å². The number of rotatable bonds is 8. The molecule has 2 heterocycles. The van der Waals surface area contributed by atoms with Gasteiger partial charge in [0.15, 0.2) is 5.96 Å². The van der Waals surface area contributed by atoms with Gasteiger partial charge in [-0.15, -0.1) is 11.3 Å². The lowest BCUT2D eigenvalue weighted by Gasteiger charge is -2.20. The normalized spacial score (nSPS) is 14.4. The van der Waals surface area contributed by atoms with E-state index in [4.69, 9.17) is 0 Å². The van der Waals surface area contributed by atoms with E-state index >= 15 is 0 Å². The van der Waals surface area contributed by atoms with Crippen molar-refractivity contribution in [3.63, 3.8) is 0 Å². The molecule has 0 saturated heterocycles. The van der Waals surface area contributed by atoms with Crippen LogP contribution in [0.4, 0.5) is 0 Å². The second-order valence-electron chi connectivity index (χ2n) is 6.12. The predicted molar refractivity (Wildman–Crippen MR) is 102 cm³/mol. The summed E-state index contributed by atoms with van der Waals surface area (Å²) >= 11 is 1.75. The van der Waals surface area contributed by atoms with E-state index in [0.717, 1.165) is 36.5 Å². The van der Waals surface area contributed by atoms with Crippen LogP contribution >= 0.6 is 11.3 Å². The van der Waals surface area contributed by atoms with E-state index in [1.165, 1.54) is 4.88 Å². The van der Waals surface area contributed by atoms with Gasteiger partial charge in [0.25, 0.3) is 0 Å². The van der Waals surface area contributed by atoms with Gasteiger partial charge < -0.3 is 15.7 Å². The monoisotopic (exact) mass is 364 g/mol. The lowest BCUT2D eigenvalue weighted by molar-refractivity contribution is 0.0672. The lowest BCUT2D eigenvalue weighted by Crippen LogP contribution is -2.39. The molecule has 25 heavy (non-hydrogen) atoms. The molecule has 8 heteroatoms. The SMILES string of the molecule is CCNC(=NCC(C)(O)c1cnn(C)c1)NCCc1ncc(CC)s1. The number of nitrogens with one attached hydrogen (secondary N) is 2. The first-order valence-corrected chi connectivity index (χ1v) is 9.43. The molecule has 2 aromatic heterocycles. The summed E-state index contributed by atoms with van der Waals surface area (Å²) in [5.74, 6) is 0.693. The molecular formula is C17H28N6OS. The van der Waals surface area contributed by atoms with E-state index < -0.39 is 5.60 Å². The van der Waals surface area contributed by atoms with Crippen LogP contribution in [-0.2, 0) is 25.5 Å². The molecule has 1 atom stereocenters. The number of aliphatic imine (C=N–C) groups is 1. The zero-order chi connectivity index (χ0) is 18.3. The minimum absolute atomic E-state index is 0.255. The Kier molecular flexibility index (Phi) is 6.95. The number of aryl methyl sites for hydroxylation is 2. The van der Waals surface area contributed by atoms with E-state index in [1.807, 2.05) is 26.4 Å². The summed E-state index contributed by atoms with van der Waals surface area (Å²) in [6.45, 7) is 7.67. The smallest absolute Gasteiger partial charge is 0.191 e. The highest BCUT2D eigenvalue weighted by molar-refractivity contribution is 7.11. The summed E-state index contributed by atoms with van der Waals surface area (Å²) in [6, 6.07) is 0. The van der Waals surface area contributed by atoms with Crippen molar-refractivity contribution in [3.8, 4) is 0 Å². The Morgan fingerprint density at radius 2 is 2.16 bits per heavy atom. The Hall–Kier alpha value is -1.93. The Bertz CT molecular complexity index is 691. The van der Waals surface area contributed by atoms with Gasteiger partial charge in [-0.25, -0.2) is 9.98 Å². The predicted octanol–water partition coefficient (Wildman–Crippen LogP) is 1.44. The number of aromatic nitrogens is 3. The van der Waals surface area contributed by atoms with E-state index in [0.29, 0.717) is 5.96 Å². The Morgan fingerprint density at radius 3 is 2.76 bits per heavy atom. The number of thiazole rings is 1. The van der Waals surface area contributed by atoms with E-state index in [2.05, 4.69) is 32.6 Å². The van der Waals surface area contributed by atoms with E-state index in [-0.39, 0.29) is 6.54 Å². The van der Waals surface area contributed by atoms with Gasteiger partial charge in [0.05, 0.1) is 17.7 Å². The van der Waals surface area contributed by atoms with E-state index in [9.17, 15) is 5.11 Å². The van der Waals surface area contributed by atoms with Crippen molar-refractivity contribution in [3.05, 3.63) is 34.0 Å². The minimum Gasteiger partial charge on any atom is -0.383 e. The van der Waals surface area contributed by atoms with Crippen molar-refractivity contribution in [2.45, 2.75) is 39.2 Å². The van der Waals surface area contributed by atoms with Gasteiger partial charge in [0.2, 0.25) is 0 Å². The van der Waals surface area contributed by atoms with Crippen molar-refractivity contribution >= 4 is 17.3 Å². The van der Waals surface area contributed by atoms with Gasteiger partial charge >= 0.3 is 0 Å². The molecule has 7 nitrogen and oxygen atoms in total. The minimum atomic E-state index is -1.05. The van der Waals surface area contributed by atoms with Crippen LogP contribution in [0.25, 0.3) is 0 Å². The zero-order valence-corrected chi connectivity index (χ0v) is 16.2. The summed E-state index contributed by atoms with van der Waals surface area (Å²) in [7, 11) is 1.83. The van der Waals surface area contributed by atoms with Crippen LogP contribution in [-0.4, -0.2) is 45.5 Å². The quantitative estimate of drug-likeness (QED) is 0.487. The van der Waals surface area contributed by atoms with Gasteiger partial charge in [0.1, 0.15) is 5.60 Å². The molecule has 0 aliphatic rings. The topological polar surface area (TPSA) is 87.4 Å².